The van der Waals surface area contributed by atoms with E-state index >= 15 is 0 Å². The molecule has 0 aliphatic carbocycles. The van der Waals surface area contributed by atoms with Crippen LogP contribution in [-0.4, -0.2) is 36.0 Å². The summed E-state index contributed by atoms with van der Waals surface area (Å²) in [5, 5.41) is 11.9. The molecule has 1 amide bonds. The molecule has 126 valence electrons. The van der Waals surface area contributed by atoms with E-state index in [0.29, 0.717) is 11.7 Å². The molecule has 4 rings (SSSR count). The molecule has 0 spiro atoms. The van der Waals surface area contributed by atoms with Crippen molar-refractivity contribution >= 4 is 17.7 Å². The van der Waals surface area contributed by atoms with Crippen molar-refractivity contribution < 1.29 is 4.79 Å². The van der Waals surface area contributed by atoms with Gasteiger partial charge in [0.25, 0.3) is 11.5 Å². The van der Waals surface area contributed by atoms with Crippen molar-refractivity contribution in [1.29, 1.82) is 0 Å². The molecular formula is C15H18N6O2S. The predicted octanol–water partition coefficient (Wildman–Crippen LogP) is 0.597. The number of aromatic nitrogens is 5. The molecule has 0 unspecified atom stereocenters. The van der Waals surface area contributed by atoms with E-state index in [1.807, 2.05) is 0 Å². The lowest BCUT2D eigenvalue weighted by Gasteiger charge is -2.09. The minimum absolute atomic E-state index is 0.0804. The molecule has 4 heterocycles. The highest BCUT2D eigenvalue weighted by Gasteiger charge is 2.21. The number of hydrogen-bond donors (Lipinski definition) is 1. The minimum atomic E-state index is -0.411. The van der Waals surface area contributed by atoms with Gasteiger partial charge in [-0.25, -0.2) is 4.98 Å². The Morgan fingerprint density at radius 3 is 3.04 bits per heavy atom. The number of carbonyl (C=O) groups excluding carboxylic acids is 1. The molecule has 0 fully saturated rings. The maximum absolute atomic E-state index is 12.4. The average Bonchev–Trinajstić information content (AvgIpc) is 3.15. The van der Waals surface area contributed by atoms with Crippen molar-refractivity contribution in [2.45, 2.75) is 50.5 Å². The van der Waals surface area contributed by atoms with Crippen molar-refractivity contribution in [3.05, 3.63) is 33.8 Å². The summed E-state index contributed by atoms with van der Waals surface area (Å²) in [6, 6.07) is 0. The zero-order valence-electron chi connectivity index (χ0n) is 13.2. The van der Waals surface area contributed by atoms with Gasteiger partial charge in [0.05, 0.1) is 6.54 Å². The highest BCUT2D eigenvalue weighted by Crippen LogP contribution is 2.20. The summed E-state index contributed by atoms with van der Waals surface area (Å²) < 4.78 is 3.64. The van der Waals surface area contributed by atoms with Gasteiger partial charge in [0.15, 0.2) is 11.0 Å². The number of fused-ring (bicyclic) bond motifs is 2. The van der Waals surface area contributed by atoms with Gasteiger partial charge < -0.3 is 9.88 Å². The smallest absolute Gasteiger partial charge is 0.267 e. The lowest BCUT2D eigenvalue weighted by molar-refractivity contribution is 0.0946. The number of thioether (sulfide) groups is 1. The van der Waals surface area contributed by atoms with Gasteiger partial charge in [0.2, 0.25) is 0 Å². The molecule has 8 nitrogen and oxygen atoms in total. The van der Waals surface area contributed by atoms with Gasteiger partial charge in [0, 0.05) is 31.5 Å². The Bertz CT molecular complexity index is 843. The summed E-state index contributed by atoms with van der Waals surface area (Å²) in [7, 11) is 0. The fourth-order valence-electron chi connectivity index (χ4n) is 3.10. The van der Waals surface area contributed by atoms with Crippen LogP contribution in [0.25, 0.3) is 0 Å². The van der Waals surface area contributed by atoms with Crippen LogP contribution >= 0.6 is 11.8 Å². The van der Waals surface area contributed by atoms with Crippen LogP contribution in [0, 0.1) is 0 Å². The van der Waals surface area contributed by atoms with Gasteiger partial charge in [0.1, 0.15) is 11.4 Å². The van der Waals surface area contributed by atoms with E-state index in [-0.39, 0.29) is 17.7 Å². The average molecular weight is 346 g/mol. The molecule has 2 aromatic rings. The topological polar surface area (TPSA) is 94.7 Å². The molecule has 2 aliphatic heterocycles. The molecular weight excluding hydrogens is 328 g/mol. The molecule has 0 saturated heterocycles. The molecule has 24 heavy (non-hydrogen) atoms. The maximum Gasteiger partial charge on any atom is 0.267 e. The van der Waals surface area contributed by atoms with Crippen molar-refractivity contribution in [2.75, 3.05) is 5.75 Å². The molecule has 1 N–H and O–H groups in total. The Labute approximate surface area is 142 Å². The van der Waals surface area contributed by atoms with Crippen LogP contribution in [0.5, 0.6) is 0 Å². The third-order valence-corrected chi connectivity index (χ3v) is 5.37. The molecule has 0 bridgehead atoms. The summed E-state index contributed by atoms with van der Waals surface area (Å²) in [6.07, 6.45) is 5.70. The van der Waals surface area contributed by atoms with Crippen LogP contribution in [0.2, 0.25) is 0 Å². The Hall–Kier alpha value is -2.16. The predicted molar refractivity (Wildman–Crippen MR) is 88.0 cm³/mol. The van der Waals surface area contributed by atoms with E-state index in [1.54, 1.807) is 4.57 Å². The molecule has 2 aliphatic rings. The first-order chi connectivity index (χ1) is 11.7. The van der Waals surface area contributed by atoms with Crippen molar-refractivity contribution in [3.8, 4) is 0 Å². The number of rotatable bonds is 3. The largest absolute Gasteiger partial charge is 0.345 e. The van der Waals surface area contributed by atoms with Gasteiger partial charge >= 0.3 is 0 Å². The van der Waals surface area contributed by atoms with E-state index < -0.39 is 5.91 Å². The maximum atomic E-state index is 12.4. The van der Waals surface area contributed by atoms with E-state index in [2.05, 4.69) is 25.1 Å². The summed E-state index contributed by atoms with van der Waals surface area (Å²) in [6.45, 7) is 1.75. The van der Waals surface area contributed by atoms with Gasteiger partial charge in [-0.15, -0.1) is 10.2 Å². The van der Waals surface area contributed by atoms with Crippen LogP contribution in [0.1, 0.15) is 41.3 Å². The zero-order valence-corrected chi connectivity index (χ0v) is 14.0. The second-order valence-electron chi connectivity index (χ2n) is 5.94. The number of amides is 1. The number of hydrogen-bond acceptors (Lipinski definition) is 6. The van der Waals surface area contributed by atoms with E-state index in [0.717, 1.165) is 43.2 Å². The quantitative estimate of drug-likeness (QED) is 0.818. The van der Waals surface area contributed by atoms with Gasteiger partial charge in [-0.05, 0) is 12.8 Å². The Morgan fingerprint density at radius 1 is 1.21 bits per heavy atom. The molecule has 9 heteroatoms. The minimum Gasteiger partial charge on any atom is -0.345 e. The van der Waals surface area contributed by atoms with Gasteiger partial charge in [-0.2, -0.15) is 0 Å². The number of nitrogens with zero attached hydrogens (tertiary/aromatic N) is 5. The van der Waals surface area contributed by atoms with E-state index in [1.165, 1.54) is 24.4 Å². The normalized spacial score (nSPS) is 16.3. The second-order valence-corrected chi connectivity index (χ2v) is 7.00. The summed E-state index contributed by atoms with van der Waals surface area (Å²) in [4.78, 5) is 28.9. The number of carbonyl (C=O) groups is 1. The monoisotopic (exact) mass is 346 g/mol. The SMILES string of the molecule is O=C(NCc1nnc2n1CCCCC2)c1cnc2n(c1=O)CCS2. The van der Waals surface area contributed by atoms with Crippen LogP contribution < -0.4 is 10.9 Å². The molecule has 2 aromatic heterocycles. The van der Waals surface area contributed by atoms with Gasteiger partial charge in [-0.1, -0.05) is 18.2 Å². The van der Waals surface area contributed by atoms with Gasteiger partial charge in [-0.3, -0.25) is 14.2 Å². The van der Waals surface area contributed by atoms with Crippen molar-refractivity contribution in [1.82, 2.24) is 29.6 Å². The molecule has 0 saturated carbocycles. The van der Waals surface area contributed by atoms with E-state index in [9.17, 15) is 9.59 Å². The number of aryl methyl sites for hydroxylation is 1. The molecule has 0 atom stereocenters. The lowest BCUT2D eigenvalue weighted by atomic mass is 10.2. The highest BCUT2D eigenvalue weighted by atomic mass is 32.2. The third kappa shape index (κ3) is 2.72. The first-order valence-corrected chi connectivity index (χ1v) is 9.14. The van der Waals surface area contributed by atoms with Crippen LogP contribution in [0.3, 0.4) is 0 Å². The number of nitrogens with one attached hydrogen (secondary N) is 1. The molecule has 0 radical (unpaired) electrons. The fourth-order valence-corrected chi connectivity index (χ4v) is 4.02. The summed E-state index contributed by atoms with van der Waals surface area (Å²) in [5.41, 5.74) is -0.195. The van der Waals surface area contributed by atoms with Crippen LogP contribution in [0.4, 0.5) is 0 Å². The van der Waals surface area contributed by atoms with Crippen LogP contribution in [0.15, 0.2) is 16.1 Å². The zero-order chi connectivity index (χ0) is 16.5. The van der Waals surface area contributed by atoms with Crippen LogP contribution in [-0.2, 0) is 26.1 Å². The first-order valence-electron chi connectivity index (χ1n) is 8.16. The van der Waals surface area contributed by atoms with E-state index in [4.69, 9.17) is 0 Å². The molecule has 0 aromatic carbocycles. The summed E-state index contributed by atoms with van der Waals surface area (Å²) in [5.74, 6) is 2.13. The Balaban J connectivity index is 1.50. The lowest BCUT2D eigenvalue weighted by Crippen LogP contribution is -2.33. The first kappa shape index (κ1) is 15.4. The third-order valence-electron chi connectivity index (χ3n) is 4.39. The van der Waals surface area contributed by atoms with Crippen molar-refractivity contribution in [2.24, 2.45) is 0 Å². The fraction of sp³-hybridized carbons (Fsp3) is 0.533. The summed E-state index contributed by atoms with van der Waals surface area (Å²) >= 11 is 1.53. The highest BCUT2D eigenvalue weighted by molar-refractivity contribution is 7.99. The second kappa shape index (κ2) is 6.39. The Kier molecular flexibility index (Phi) is 4.09. The Morgan fingerprint density at radius 2 is 2.12 bits per heavy atom. The standard InChI is InChI=1S/C15H18N6O2S/c22-13(10-8-17-15-21(14(10)23)6-7-24-15)16-9-12-19-18-11-4-2-1-3-5-20(11)12/h8H,1-7,9H2,(H,16,22). The van der Waals surface area contributed by atoms with Crippen molar-refractivity contribution in [3.63, 3.8) is 0 Å².